The monoisotopic (exact) mass is 424 g/mol. The van der Waals surface area contributed by atoms with Gasteiger partial charge in [-0.25, -0.2) is 5.43 Å². The van der Waals surface area contributed by atoms with E-state index in [1.807, 2.05) is 39.0 Å². The molecule has 8 nitrogen and oxygen atoms in total. The summed E-state index contributed by atoms with van der Waals surface area (Å²) in [5, 5.41) is 9.11. The lowest BCUT2D eigenvalue weighted by Crippen LogP contribution is -2.38. The van der Waals surface area contributed by atoms with Crippen molar-refractivity contribution in [2.75, 3.05) is 18.5 Å². The van der Waals surface area contributed by atoms with Crippen molar-refractivity contribution < 1.29 is 19.1 Å². The molecule has 2 aromatic rings. The van der Waals surface area contributed by atoms with Gasteiger partial charge in [0, 0.05) is 12.2 Å². The number of nitrogens with zero attached hydrogens (tertiary/aromatic N) is 1. The number of amides is 3. The fourth-order valence-electron chi connectivity index (χ4n) is 2.53. The van der Waals surface area contributed by atoms with Crippen LogP contribution >= 0.6 is 0 Å². The Morgan fingerprint density at radius 2 is 1.77 bits per heavy atom. The van der Waals surface area contributed by atoms with Gasteiger partial charge >= 0.3 is 11.8 Å². The highest BCUT2D eigenvalue weighted by Gasteiger charge is 2.11. The number of hydrogen-bond donors (Lipinski definition) is 3. The Bertz CT molecular complexity index is 939. The molecule has 0 aromatic heterocycles. The second-order valence-electron chi connectivity index (χ2n) is 7.03. The van der Waals surface area contributed by atoms with Gasteiger partial charge in [0.1, 0.15) is 5.75 Å². The summed E-state index contributed by atoms with van der Waals surface area (Å²) in [5.74, 6) is -1.26. The maximum atomic E-state index is 12.1. The summed E-state index contributed by atoms with van der Waals surface area (Å²) in [6, 6.07) is 12.7. The SMILES string of the molecule is CCCCNC(=O)C(=O)N/N=C\c1ccc(OCC(=O)Nc2cc(C)ccc2C)cc1. The molecule has 0 spiro atoms. The molecular formula is C23H28N4O4. The predicted molar refractivity (Wildman–Crippen MR) is 120 cm³/mol. The van der Waals surface area contributed by atoms with Crippen LogP contribution in [-0.4, -0.2) is 37.1 Å². The summed E-state index contributed by atoms with van der Waals surface area (Å²) in [7, 11) is 0. The highest BCUT2D eigenvalue weighted by Crippen LogP contribution is 2.16. The van der Waals surface area contributed by atoms with Crippen LogP contribution in [0.25, 0.3) is 0 Å². The number of anilines is 1. The Kier molecular flexibility index (Phi) is 9.22. The van der Waals surface area contributed by atoms with E-state index in [9.17, 15) is 14.4 Å². The number of carbonyl (C=O) groups is 3. The molecule has 0 fully saturated rings. The van der Waals surface area contributed by atoms with Crippen LogP contribution in [0.5, 0.6) is 5.75 Å². The van der Waals surface area contributed by atoms with Crippen LogP contribution in [-0.2, 0) is 14.4 Å². The van der Waals surface area contributed by atoms with Crippen LogP contribution in [0.4, 0.5) is 5.69 Å². The van der Waals surface area contributed by atoms with Crippen molar-refractivity contribution in [1.29, 1.82) is 0 Å². The molecule has 2 aromatic carbocycles. The Morgan fingerprint density at radius 1 is 1.03 bits per heavy atom. The number of rotatable bonds is 9. The zero-order chi connectivity index (χ0) is 22.6. The number of aryl methyl sites for hydroxylation is 2. The van der Waals surface area contributed by atoms with Gasteiger partial charge in [0.05, 0.1) is 6.21 Å². The minimum Gasteiger partial charge on any atom is -0.484 e. The Morgan fingerprint density at radius 3 is 2.48 bits per heavy atom. The lowest BCUT2D eigenvalue weighted by Gasteiger charge is -2.10. The number of benzene rings is 2. The van der Waals surface area contributed by atoms with Gasteiger partial charge in [0.2, 0.25) is 0 Å². The maximum absolute atomic E-state index is 12.1. The van der Waals surface area contributed by atoms with Crippen molar-refractivity contribution in [1.82, 2.24) is 10.7 Å². The van der Waals surface area contributed by atoms with Crippen molar-refractivity contribution in [3.05, 3.63) is 59.2 Å². The molecule has 0 bridgehead atoms. The summed E-state index contributed by atoms with van der Waals surface area (Å²) in [4.78, 5) is 35.3. The molecular weight excluding hydrogens is 396 g/mol. The molecule has 0 saturated carbocycles. The highest BCUT2D eigenvalue weighted by molar-refractivity contribution is 6.35. The quantitative estimate of drug-likeness (QED) is 0.249. The molecule has 164 valence electrons. The maximum Gasteiger partial charge on any atom is 0.329 e. The number of hydrazone groups is 1. The molecule has 0 unspecified atom stereocenters. The molecule has 0 aliphatic heterocycles. The van der Waals surface area contributed by atoms with Crippen molar-refractivity contribution in [3.63, 3.8) is 0 Å². The Labute approximate surface area is 182 Å². The topological polar surface area (TPSA) is 109 Å². The van der Waals surface area contributed by atoms with Crippen LogP contribution in [0.1, 0.15) is 36.5 Å². The number of nitrogens with one attached hydrogen (secondary N) is 3. The van der Waals surface area contributed by atoms with Gasteiger partial charge in [-0.2, -0.15) is 5.10 Å². The fraction of sp³-hybridized carbons (Fsp3) is 0.304. The summed E-state index contributed by atoms with van der Waals surface area (Å²) >= 11 is 0. The average molecular weight is 425 g/mol. The first-order valence-electron chi connectivity index (χ1n) is 10.1. The van der Waals surface area contributed by atoms with Gasteiger partial charge in [0.15, 0.2) is 6.61 Å². The van der Waals surface area contributed by atoms with Crippen molar-refractivity contribution >= 4 is 29.6 Å². The fourth-order valence-corrected chi connectivity index (χ4v) is 2.53. The second kappa shape index (κ2) is 12.1. The number of ether oxygens (including phenoxy) is 1. The molecule has 8 heteroatoms. The van der Waals surface area contributed by atoms with Gasteiger partial charge in [-0.3, -0.25) is 14.4 Å². The third-order valence-electron chi connectivity index (χ3n) is 4.32. The van der Waals surface area contributed by atoms with Gasteiger partial charge in [0.25, 0.3) is 5.91 Å². The molecule has 0 aliphatic carbocycles. The van der Waals surface area contributed by atoms with Gasteiger partial charge in [-0.15, -0.1) is 0 Å². The van der Waals surface area contributed by atoms with E-state index in [1.54, 1.807) is 24.3 Å². The standard InChI is InChI=1S/C23H28N4O4/c1-4-5-12-24-22(29)23(30)27-25-14-18-8-10-19(11-9-18)31-15-21(28)26-20-13-16(2)6-7-17(20)3/h6-11,13-14H,4-5,12,15H2,1-3H3,(H,24,29)(H,26,28)(H,27,30)/b25-14-. The molecule has 3 N–H and O–H groups in total. The highest BCUT2D eigenvalue weighted by atomic mass is 16.5. The molecule has 31 heavy (non-hydrogen) atoms. The largest absolute Gasteiger partial charge is 0.484 e. The van der Waals surface area contributed by atoms with Gasteiger partial charge in [-0.05, 0) is 67.3 Å². The lowest BCUT2D eigenvalue weighted by atomic mass is 10.1. The minimum absolute atomic E-state index is 0.121. The molecule has 2 rings (SSSR count). The van der Waals surface area contributed by atoms with E-state index >= 15 is 0 Å². The average Bonchev–Trinajstić information content (AvgIpc) is 2.75. The molecule has 0 atom stereocenters. The molecule has 3 amide bonds. The number of unbranched alkanes of at least 4 members (excludes halogenated alkanes) is 1. The summed E-state index contributed by atoms with van der Waals surface area (Å²) < 4.78 is 5.51. The van der Waals surface area contributed by atoms with E-state index in [2.05, 4.69) is 21.2 Å². The Balaban J connectivity index is 1.77. The van der Waals surface area contributed by atoms with E-state index in [1.165, 1.54) is 6.21 Å². The summed E-state index contributed by atoms with van der Waals surface area (Å²) in [6.07, 6.45) is 3.15. The van der Waals surface area contributed by atoms with Crippen LogP contribution in [0, 0.1) is 13.8 Å². The molecule has 0 saturated heterocycles. The first kappa shape index (κ1) is 23.6. The van der Waals surface area contributed by atoms with Crippen LogP contribution in [0.3, 0.4) is 0 Å². The van der Waals surface area contributed by atoms with E-state index < -0.39 is 11.8 Å². The molecule has 0 heterocycles. The van der Waals surface area contributed by atoms with E-state index in [-0.39, 0.29) is 12.5 Å². The third-order valence-corrected chi connectivity index (χ3v) is 4.32. The van der Waals surface area contributed by atoms with Crippen molar-refractivity contribution in [3.8, 4) is 5.75 Å². The van der Waals surface area contributed by atoms with E-state index in [0.29, 0.717) is 17.9 Å². The minimum atomic E-state index is -0.817. The van der Waals surface area contributed by atoms with Crippen LogP contribution in [0.2, 0.25) is 0 Å². The normalized spacial score (nSPS) is 10.5. The first-order valence-corrected chi connectivity index (χ1v) is 10.1. The van der Waals surface area contributed by atoms with Crippen LogP contribution < -0.4 is 20.8 Å². The van der Waals surface area contributed by atoms with Gasteiger partial charge in [-0.1, -0.05) is 25.5 Å². The number of carbonyl (C=O) groups excluding carboxylic acids is 3. The molecule has 0 aliphatic rings. The molecule has 0 radical (unpaired) electrons. The van der Waals surface area contributed by atoms with Crippen molar-refractivity contribution in [2.45, 2.75) is 33.6 Å². The van der Waals surface area contributed by atoms with Gasteiger partial charge < -0.3 is 15.4 Å². The second-order valence-corrected chi connectivity index (χ2v) is 7.03. The smallest absolute Gasteiger partial charge is 0.329 e. The zero-order valence-electron chi connectivity index (χ0n) is 18.0. The summed E-state index contributed by atoms with van der Waals surface area (Å²) in [5.41, 5.74) is 5.68. The van der Waals surface area contributed by atoms with E-state index in [4.69, 9.17) is 4.74 Å². The third kappa shape index (κ3) is 8.30. The first-order chi connectivity index (χ1) is 14.9. The Hall–Kier alpha value is -3.68. The van der Waals surface area contributed by atoms with Crippen molar-refractivity contribution in [2.24, 2.45) is 5.10 Å². The lowest BCUT2D eigenvalue weighted by molar-refractivity contribution is -0.139. The summed E-state index contributed by atoms with van der Waals surface area (Å²) in [6.45, 7) is 6.22. The van der Waals surface area contributed by atoms with Crippen LogP contribution in [0.15, 0.2) is 47.6 Å². The van der Waals surface area contributed by atoms with E-state index in [0.717, 1.165) is 29.7 Å². The zero-order valence-corrected chi connectivity index (χ0v) is 18.0. The predicted octanol–water partition coefficient (Wildman–Crippen LogP) is 2.69. The number of hydrogen-bond acceptors (Lipinski definition) is 5.